The topological polar surface area (TPSA) is 113 Å². The van der Waals surface area contributed by atoms with Crippen molar-refractivity contribution in [3.63, 3.8) is 0 Å². The molecule has 1 aromatic heterocycles. The Labute approximate surface area is 190 Å². The number of anilines is 1. The average molecular weight is 466 g/mol. The molecule has 0 fully saturated rings. The van der Waals surface area contributed by atoms with E-state index >= 15 is 0 Å². The number of nitrogens with zero attached hydrogens (tertiary/aromatic N) is 2. The predicted octanol–water partition coefficient (Wildman–Crippen LogP) is 3.90. The third kappa shape index (κ3) is 8.22. The van der Waals surface area contributed by atoms with Gasteiger partial charge >= 0.3 is 11.9 Å². The fourth-order valence-electron chi connectivity index (χ4n) is 2.06. The Hall–Kier alpha value is -2.59. The Morgan fingerprint density at radius 1 is 1.16 bits per heavy atom. The lowest BCUT2D eigenvalue weighted by Crippen LogP contribution is -2.40. The number of rotatable bonds is 9. The van der Waals surface area contributed by atoms with Crippen LogP contribution in [0.3, 0.4) is 0 Å². The second-order valence-corrected chi connectivity index (χ2v) is 9.97. The first-order valence-electron chi connectivity index (χ1n) is 9.54. The van der Waals surface area contributed by atoms with Gasteiger partial charge in [0, 0.05) is 16.0 Å². The highest BCUT2D eigenvalue weighted by atomic mass is 32.2. The second-order valence-electron chi connectivity index (χ2n) is 7.91. The van der Waals surface area contributed by atoms with Crippen LogP contribution in [0.1, 0.15) is 40.3 Å². The molecule has 0 saturated carbocycles. The standard InChI is InChI=1S/C21H27N3O5S2/c1-20(2,3)28-18(26)21(4,5)29-24-16(15-13-31-19(22)23-15)17(25)27-11-12-30-14-9-7-6-8-10-14/h6-10,13H,11-12H2,1-5H3,(H2,22,23). The minimum atomic E-state index is -1.43. The average Bonchev–Trinajstić information content (AvgIpc) is 3.11. The van der Waals surface area contributed by atoms with Crippen molar-refractivity contribution in [2.75, 3.05) is 18.1 Å². The Morgan fingerprint density at radius 3 is 2.42 bits per heavy atom. The molecule has 0 saturated heterocycles. The number of aromatic nitrogens is 1. The summed E-state index contributed by atoms with van der Waals surface area (Å²) >= 11 is 2.71. The van der Waals surface area contributed by atoms with E-state index in [0.29, 0.717) is 5.75 Å². The molecule has 1 aromatic carbocycles. The molecule has 0 aliphatic carbocycles. The van der Waals surface area contributed by atoms with Gasteiger partial charge in [-0.25, -0.2) is 14.6 Å². The molecule has 0 amide bonds. The van der Waals surface area contributed by atoms with Crippen molar-refractivity contribution in [3.8, 4) is 0 Å². The van der Waals surface area contributed by atoms with E-state index in [0.717, 1.165) is 16.2 Å². The molecule has 0 radical (unpaired) electrons. The van der Waals surface area contributed by atoms with Crippen molar-refractivity contribution in [1.29, 1.82) is 0 Å². The number of thiazole rings is 1. The van der Waals surface area contributed by atoms with E-state index in [-0.39, 0.29) is 23.1 Å². The summed E-state index contributed by atoms with van der Waals surface area (Å²) in [6.45, 7) is 8.40. The molecule has 8 nitrogen and oxygen atoms in total. The molecule has 10 heteroatoms. The van der Waals surface area contributed by atoms with E-state index < -0.39 is 23.1 Å². The number of carbonyl (C=O) groups excluding carboxylic acids is 2. The van der Waals surface area contributed by atoms with Crippen LogP contribution in [-0.2, 0) is 23.9 Å². The van der Waals surface area contributed by atoms with Crippen molar-refractivity contribution in [3.05, 3.63) is 41.4 Å². The van der Waals surface area contributed by atoms with Crippen molar-refractivity contribution in [2.45, 2.75) is 50.7 Å². The first-order valence-corrected chi connectivity index (χ1v) is 11.4. The molecule has 168 valence electrons. The molecule has 0 unspecified atom stereocenters. The van der Waals surface area contributed by atoms with E-state index in [1.54, 1.807) is 37.9 Å². The van der Waals surface area contributed by atoms with Gasteiger partial charge in [0.1, 0.15) is 17.9 Å². The number of esters is 2. The smallest absolute Gasteiger partial charge is 0.362 e. The van der Waals surface area contributed by atoms with Gasteiger partial charge in [0.05, 0.1) is 0 Å². The number of oxime groups is 1. The van der Waals surface area contributed by atoms with Gasteiger partial charge in [-0.05, 0) is 46.8 Å². The number of hydrogen-bond acceptors (Lipinski definition) is 10. The quantitative estimate of drug-likeness (QED) is 0.195. The van der Waals surface area contributed by atoms with Crippen molar-refractivity contribution >= 4 is 45.9 Å². The number of benzene rings is 1. The van der Waals surface area contributed by atoms with Crippen LogP contribution in [0.5, 0.6) is 0 Å². The lowest BCUT2D eigenvalue weighted by molar-refractivity contribution is -0.179. The summed E-state index contributed by atoms with van der Waals surface area (Å²) in [6, 6.07) is 9.77. The molecule has 0 bridgehead atoms. The van der Waals surface area contributed by atoms with Gasteiger partial charge in [-0.1, -0.05) is 23.4 Å². The van der Waals surface area contributed by atoms with E-state index in [4.69, 9.17) is 20.0 Å². The van der Waals surface area contributed by atoms with Gasteiger partial charge in [0.25, 0.3) is 0 Å². The molecule has 0 atom stereocenters. The van der Waals surface area contributed by atoms with E-state index in [1.807, 2.05) is 30.3 Å². The maximum atomic E-state index is 12.6. The minimum Gasteiger partial charge on any atom is -0.460 e. The van der Waals surface area contributed by atoms with E-state index in [9.17, 15) is 9.59 Å². The number of nitrogen functional groups attached to an aromatic ring is 1. The van der Waals surface area contributed by atoms with E-state index in [1.165, 1.54) is 13.8 Å². The molecule has 2 aromatic rings. The lowest BCUT2D eigenvalue weighted by Gasteiger charge is -2.26. The van der Waals surface area contributed by atoms with Gasteiger partial charge in [-0.3, -0.25) is 0 Å². The summed E-state index contributed by atoms with van der Waals surface area (Å²) < 4.78 is 10.7. The van der Waals surface area contributed by atoms with E-state index in [2.05, 4.69) is 10.1 Å². The Bertz CT molecular complexity index is 921. The molecule has 1 heterocycles. The Kier molecular flexibility index (Phi) is 8.46. The van der Waals surface area contributed by atoms with Crippen LogP contribution < -0.4 is 5.73 Å². The maximum Gasteiger partial charge on any atom is 0.362 e. The fourth-order valence-corrected chi connectivity index (χ4v) is 3.36. The van der Waals surface area contributed by atoms with Gasteiger partial charge in [-0.15, -0.1) is 23.1 Å². The third-order valence-corrected chi connectivity index (χ3v) is 5.19. The number of carbonyl (C=O) groups is 2. The van der Waals surface area contributed by atoms with Gasteiger partial charge in [0.15, 0.2) is 5.13 Å². The molecular weight excluding hydrogens is 438 g/mol. The van der Waals surface area contributed by atoms with Crippen LogP contribution in [0.2, 0.25) is 0 Å². The Morgan fingerprint density at radius 2 is 1.84 bits per heavy atom. The summed E-state index contributed by atoms with van der Waals surface area (Å²) in [5.41, 5.74) is 3.61. The van der Waals surface area contributed by atoms with Gasteiger partial charge in [0.2, 0.25) is 11.3 Å². The first kappa shape index (κ1) is 24.7. The third-order valence-electron chi connectivity index (χ3n) is 3.54. The van der Waals surface area contributed by atoms with Crippen LogP contribution in [0.25, 0.3) is 0 Å². The van der Waals surface area contributed by atoms with Gasteiger partial charge < -0.3 is 20.0 Å². The molecular formula is C21H27N3O5S2. The summed E-state index contributed by atoms with van der Waals surface area (Å²) in [5, 5.41) is 5.72. The molecule has 2 N–H and O–H groups in total. The number of ether oxygens (including phenoxy) is 2. The summed E-state index contributed by atoms with van der Waals surface area (Å²) in [7, 11) is 0. The summed E-state index contributed by atoms with van der Waals surface area (Å²) in [6.07, 6.45) is 0. The SMILES string of the molecule is CC(C)(C)OC(=O)C(C)(C)ON=C(C(=O)OCCSc1ccccc1)c1csc(N)n1. The second kappa shape index (κ2) is 10.6. The fraction of sp³-hybridized carbons (Fsp3) is 0.429. The summed E-state index contributed by atoms with van der Waals surface area (Å²) in [5.74, 6) is -0.778. The zero-order valence-corrected chi connectivity index (χ0v) is 19.8. The van der Waals surface area contributed by atoms with Crippen molar-refractivity contribution in [2.24, 2.45) is 5.16 Å². The number of thioether (sulfide) groups is 1. The van der Waals surface area contributed by atoms with Crippen LogP contribution >= 0.6 is 23.1 Å². The van der Waals surface area contributed by atoms with Crippen molar-refractivity contribution in [1.82, 2.24) is 4.98 Å². The highest BCUT2D eigenvalue weighted by Gasteiger charge is 2.36. The maximum absolute atomic E-state index is 12.6. The van der Waals surface area contributed by atoms with Crippen LogP contribution in [0.15, 0.2) is 45.8 Å². The largest absolute Gasteiger partial charge is 0.460 e. The molecule has 0 aliphatic heterocycles. The van der Waals surface area contributed by atoms with Crippen LogP contribution in [-0.4, -0.2) is 46.2 Å². The first-order chi connectivity index (χ1) is 14.5. The minimum absolute atomic E-state index is 0.159. The Balaban J connectivity index is 2.06. The molecule has 0 spiro atoms. The number of nitrogens with two attached hydrogens (primary N) is 1. The zero-order chi connectivity index (χ0) is 23.1. The predicted molar refractivity (Wildman–Crippen MR) is 122 cm³/mol. The van der Waals surface area contributed by atoms with Gasteiger partial charge in [-0.2, -0.15) is 0 Å². The summed E-state index contributed by atoms with van der Waals surface area (Å²) in [4.78, 5) is 35.6. The highest BCUT2D eigenvalue weighted by molar-refractivity contribution is 7.99. The highest BCUT2D eigenvalue weighted by Crippen LogP contribution is 2.20. The van der Waals surface area contributed by atoms with Crippen LogP contribution in [0.4, 0.5) is 5.13 Å². The lowest BCUT2D eigenvalue weighted by atomic mass is 10.1. The van der Waals surface area contributed by atoms with Crippen molar-refractivity contribution < 1.29 is 23.9 Å². The normalized spacial score (nSPS) is 12.4. The molecule has 0 aliphatic rings. The zero-order valence-electron chi connectivity index (χ0n) is 18.2. The monoisotopic (exact) mass is 465 g/mol. The molecule has 31 heavy (non-hydrogen) atoms. The number of hydrogen-bond donors (Lipinski definition) is 1. The molecule has 2 rings (SSSR count). The van der Waals surface area contributed by atoms with Crippen LogP contribution in [0, 0.1) is 0 Å².